The Balaban J connectivity index is 4.65. The van der Waals surface area contributed by atoms with E-state index in [0.29, 0.717) is 19.8 Å². The molecule has 0 aromatic rings. The van der Waals surface area contributed by atoms with Crippen molar-refractivity contribution >= 4 is 7.82 Å². The number of phosphoric acid groups is 1. The topological polar surface area (TPSA) is 72.5 Å². The summed E-state index contributed by atoms with van der Waals surface area (Å²) in [6, 6.07) is 0. The van der Waals surface area contributed by atoms with Crippen LogP contribution < -0.4 is 0 Å². The largest absolute Gasteiger partial charge is 0.481 e. The molecule has 0 aliphatic heterocycles. The van der Waals surface area contributed by atoms with Crippen molar-refractivity contribution in [3.8, 4) is 0 Å². The lowest BCUT2D eigenvalue weighted by atomic mass is 10.4. The van der Waals surface area contributed by atoms with Crippen LogP contribution in [0.1, 0.15) is 54.4 Å². The molecule has 8 heteroatoms. The molecule has 0 rings (SSSR count). The van der Waals surface area contributed by atoms with E-state index in [4.69, 9.17) is 27.8 Å². The summed E-state index contributed by atoms with van der Waals surface area (Å²) >= 11 is 0. The second kappa shape index (κ2) is 12.4. The first kappa shape index (κ1) is 22.0. The first-order valence-corrected chi connectivity index (χ1v) is 9.32. The first-order chi connectivity index (χ1) is 10.4. The highest BCUT2D eigenvalue weighted by Gasteiger charge is 2.34. The van der Waals surface area contributed by atoms with Crippen LogP contribution in [0.25, 0.3) is 0 Å². The van der Waals surface area contributed by atoms with Crippen molar-refractivity contribution in [2.75, 3.05) is 19.8 Å². The average molecular weight is 342 g/mol. The van der Waals surface area contributed by atoms with Crippen molar-refractivity contribution in [1.82, 2.24) is 0 Å². The summed E-state index contributed by atoms with van der Waals surface area (Å²) in [5.41, 5.74) is 0. The van der Waals surface area contributed by atoms with Crippen molar-refractivity contribution < 1.29 is 32.3 Å². The number of ether oxygens (including phenoxy) is 3. The normalized spacial score (nSPS) is 18.6. The van der Waals surface area contributed by atoms with E-state index in [1.165, 1.54) is 0 Å². The van der Waals surface area contributed by atoms with Gasteiger partial charge < -0.3 is 14.2 Å². The van der Waals surface area contributed by atoms with Gasteiger partial charge in [0, 0.05) is 19.8 Å². The fraction of sp³-hybridized carbons (Fsp3) is 1.00. The highest BCUT2D eigenvalue weighted by molar-refractivity contribution is 7.48. The summed E-state index contributed by atoms with van der Waals surface area (Å²) in [5.74, 6) is 0. The summed E-state index contributed by atoms with van der Waals surface area (Å²) in [7, 11) is -3.87. The second-order valence-electron chi connectivity index (χ2n) is 4.60. The third-order valence-corrected chi connectivity index (χ3v) is 4.15. The molecule has 3 unspecified atom stereocenters. The van der Waals surface area contributed by atoms with Crippen molar-refractivity contribution in [3.63, 3.8) is 0 Å². The van der Waals surface area contributed by atoms with Gasteiger partial charge in [0.2, 0.25) is 0 Å². The molecule has 0 saturated heterocycles. The monoisotopic (exact) mass is 342 g/mol. The van der Waals surface area contributed by atoms with E-state index in [-0.39, 0.29) is 0 Å². The molecule has 0 heterocycles. The lowest BCUT2D eigenvalue weighted by molar-refractivity contribution is -0.145. The predicted octanol–water partition coefficient (Wildman–Crippen LogP) is 4.07. The van der Waals surface area contributed by atoms with Gasteiger partial charge in [-0.25, -0.2) is 4.57 Å². The van der Waals surface area contributed by atoms with Crippen molar-refractivity contribution in [1.29, 1.82) is 0 Å². The van der Waals surface area contributed by atoms with Crippen LogP contribution in [0.2, 0.25) is 0 Å². The Morgan fingerprint density at radius 1 is 0.773 bits per heavy atom. The average Bonchev–Trinajstić information content (AvgIpc) is 2.38. The highest BCUT2D eigenvalue weighted by Crippen LogP contribution is 2.53. The fourth-order valence-electron chi connectivity index (χ4n) is 1.57. The molecule has 134 valence electrons. The molecule has 0 radical (unpaired) electrons. The van der Waals surface area contributed by atoms with Crippen LogP contribution in [-0.2, 0) is 32.3 Å². The molecular formula is C14H31O7P. The smallest absolute Gasteiger partial charge is 0.353 e. The Morgan fingerprint density at radius 2 is 1.18 bits per heavy atom. The van der Waals surface area contributed by atoms with E-state index in [1.807, 2.05) is 13.8 Å². The number of hydrogen-bond donors (Lipinski definition) is 0. The number of unbranched alkanes of at least 4 members (excludes halogenated alkanes) is 1. The zero-order valence-corrected chi connectivity index (χ0v) is 15.5. The standard InChI is InChI=1S/C14H31O7P/c1-7-10-11-18-14(6)21-22(15,19-12(4)16-8-2)20-13(5)17-9-3/h12-14H,7-11H2,1-6H3. The van der Waals surface area contributed by atoms with Gasteiger partial charge in [0.05, 0.1) is 0 Å². The third-order valence-electron chi connectivity index (χ3n) is 2.49. The van der Waals surface area contributed by atoms with Gasteiger partial charge in [-0.1, -0.05) is 13.3 Å². The van der Waals surface area contributed by atoms with E-state index in [1.54, 1.807) is 20.8 Å². The Kier molecular flexibility index (Phi) is 12.4. The SMILES string of the molecule is CCCCOC(C)OP(=O)(OC(C)OCC)OC(C)OCC. The summed E-state index contributed by atoms with van der Waals surface area (Å²) < 4.78 is 44.5. The minimum atomic E-state index is -3.87. The van der Waals surface area contributed by atoms with Gasteiger partial charge in [0.15, 0.2) is 18.9 Å². The molecule has 0 bridgehead atoms. The molecule has 0 aliphatic rings. The maximum Gasteiger partial charge on any atom is 0.481 e. The van der Waals surface area contributed by atoms with Gasteiger partial charge in [-0.2, -0.15) is 0 Å². The zero-order chi connectivity index (χ0) is 17.0. The van der Waals surface area contributed by atoms with Crippen molar-refractivity contribution in [2.45, 2.75) is 73.3 Å². The van der Waals surface area contributed by atoms with Crippen LogP contribution in [0, 0.1) is 0 Å². The molecule has 0 amide bonds. The zero-order valence-electron chi connectivity index (χ0n) is 14.6. The summed E-state index contributed by atoms with van der Waals surface area (Å²) in [5, 5.41) is 0. The van der Waals surface area contributed by atoms with Crippen LogP contribution in [0.4, 0.5) is 0 Å². The van der Waals surface area contributed by atoms with Crippen molar-refractivity contribution in [3.05, 3.63) is 0 Å². The molecule has 3 atom stereocenters. The van der Waals surface area contributed by atoms with Gasteiger partial charge in [-0.15, -0.1) is 0 Å². The molecule has 0 spiro atoms. The Hall–Kier alpha value is -0.0100. The maximum atomic E-state index is 12.7. The number of rotatable bonds is 14. The van der Waals surface area contributed by atoms with Gasteiger partial charge in [0.25, 0.3) is 0 Å². The van der Waals surface area contributed by atoms with E-state index in [2.05, 4.69) is 6.92 Å². The molecule has 0 fully saturated rings. The molecule has 0 aromatic heterocycles. The molecule has 22 heavy (non-hydrogen) atoms. The Bertz CT molecular complexity index is 296. The maximum absolute atomic E-state index is 12.7. The fourth-order valence-corrected chi connectivity index (χ4v) is 3.00. The molecular weight excluding hydrogens is 311 g/mol. The predicted molar refractivity (Wildman–Crippen MR) is 83.4 cm³/mol. The molecule has 0 N–H and O–H groups in total. The van der Waals surface area contributed by atoms with Gasteiger partial charge >= 0.3 is 7.82 Å². The van der Waals surface area contributed by atoms with Gasteiger partial charge in [-0.3, -0.25) is 13.6 Å². The quantitative estimate of drug-likeness (QED) is 0.268. The molecule has 0 saturated carbocycles. The van der Waals surface area contributed by atoms with E-state index in [0.717, 1.165) is 12.8 Å². The molecule has 0 aliphatic carbocycles. The lowest BCUT2D eigenvalue weighted by Crippen LogP contribution is -2.21. The highest BCUT2D eigenvalue weighted by atomic mass is 31.2. The first-order valence-electron chi connectivity index (χ1n) is 7.86. The number of hydrogen-bond acceptors (Lipinski definition) is 7. The van der Waals surface area contributed by atoms with Crippen LogP contribution in [0.15, 0.2) is 0 Å². The van der Waals surface area contributed by atoms with E-state index in [9.17, 15) is 4.57 Å². The number of phosphoric ester groups is 1. The minimum absolute atomic E-state index is 0.421. The van der Waals surface area contributed by atoms with E-state index >= 15 is 0 Å². The minimum Gasteiger partial charge on any atom is -0.353 e. The van der Waals surface area contributed by atoms with Crippen molar-refractivity contribution in [2.24, 2.45) is 0 Å². The van der Waals surface area contributed by atoms with Gasteiger partial charge in [-0.05, 0) is 41.0 Å². The van der Waals surface area contributed by atoms with Gasteiger partial charge in [0.1, 0.15) is 0 Å². The summed E-state index contributed by atoms with van der Waals surface area (Å²) in [4.78, 5) is 0. The summed E-state index contributed by atoms with van der Waals surface area (Å²) in [6.45, 7) is 11.9. The molecule has 7 nitrogen and oxygen atoms in total. The van der Waals surface area contributed by atoms with Crippen LogP contribution >= 0.6 is 7.82 Å². The van der Waals surface area contributed by atoms with E-state index < -0.39 is 26.7 Å². The van der Waals surface area contributed by atoms with Crippen LogP contribution in [0.5, 0.6) is 0 Å². The second-order valence-corrected chi connectivity index (χ2v) is 6.13. The molecule has 0 aromatic carbocycles. The van der Waals surface area contributed by atoms with Crippen LogP contribution in [-0.4, -0.2) is 38.7 Å². The summed E-state index contributed by atoms with van der Waals surface area (Å²) in [6.07, 6.45) is -0.287. The Labute approximate surface area is 134 Å². The Morgan fingerprint density at radius 3 is 1.55 bits per heavy atom. The third kappa shape index (κ3) is 10.7. The van der Waals surface area contributed by atoms with Crippen LogP contribution in [0.3, 0.4) is 0 Å². The lowest BCUT2D eigenvalue weighted by Gasteiger charge is -2.26.